The molecule has 0 saturated heterocycles. The second-order valence-electron chi connectivity index (χ2n) is 4.25. The van der Waals surface area contributed by atoms with E-state index in [9.17, 15) is 0 Å². The maximum Gasteiger partial charge on any atom is 0.119 e. The Morgan fingerprint density at radius 3 is 2.44 bits per heavy atom. The van der Waals surface area contributed by atoms with Crippen molar-refractivity contribution in [3.63, 3.8) is 0 Å². The second-order valence-corrected chi connectivity index (χ2v) is 5.45. The highest BCUT2D eigenvalue weighted by atomic mass is 32.1. The van der Waals surface area contributed by atoms with E-state index in [0.717, 1.165) is 17.9 Å². The van der Waals surface area contributed by atoms with Crippen LogP contribution in [-0.4, -0.2) is 7.11 Å². The number of rotatable bonds is 5. The Labute approximate surface area is 113 Å². The SMILES string of the molecule is CCc1ccc(C(C)Nc2ccc(OC)cc2)s1. The lowest BCUT2D eigenvalue weighted by Crippen LogP contribution is -2.04. The molecule has 1 N–H and O–H groups in total. The molecule has 1 aromatic carbocycles. The molecule has 0 aliphatic carbocycles. The fraction of sp³-hybridized carbons (Fsp3) is 0.333. The Bertz CT molecular complexity index is 489. The molecular weight excluding hydrogens is 242 g/mol. The summed E-state index contributed by atoms with van der Waals surface area (Å²) in [6.45, 7) is 4.38. The minimum absolute atomic E-state index is 0.337. The molecule has 2 aromatic rings. The van der Waals surface area contributed by atoms with Gasteiger partial charge in [0, 0.05) is 15.4 Å². The quantitative estimate of drug-likeness (QED) is 0.856. The van der Waals surface area contributed by atoms with E-state index in [-0.39, 0.29) is 0 Å². The lowest BCUT2D eigenvalue weighted by atomic mass is 10.2. The van der Waals surface area contributed by atoms with Crippen LogP contribution in [0.3, 0.4) is 0 Å². The van der Waals surface area contributed by atoms with Crippen LogP contribution < -0.4 is 10.1 Å². The second kappa shape index (κ2) is 5.91. The maximum atomic E-state index is 5.15. The third-order valence-corrected chi connectivity index (χ3v) is 4.34. The first kappa shape index (κ1) is 13.0. The lowest BCUT2D eigenvalue weighted by Gasteiger charge is -2.14. The van der Waals surface area contributed by atoms with E-state index in [1.54, 1.807) is 7.11 Å². The summed E-state index contributed by atoms with van der Waals surface area (Å²) >= 11 is 1.88. The van der Waals surface area contributed by atoms with Crippen molar-refractivity contribution in [2.24, 2.45) is 0 Å². The zero-order chi connectivity index (χ0) is 13.0. The highest BCUT2D eigenvalue weighted by Crippen LogP contribution is 2.27. The van der Waals surface area contributed by atoms with Crippen LogP contribution in [0.4, 0.5) is 5.69 Å². The van der Waals surface area contributed by atoms with Crippen molar-refractivity contribution in [1.82, 2.24) is 0 Å². The topological polar surface area (TPSA) is 21.3 Å². The van der Waals surface area contributed by atoms with Crippen LogP contribution in [0.1, 0.15) is 29.6 Å². The number of hydrogen-bond donors (Lipinski definition) is 1. The third-order valence-electron chi connectivity index (χ3n) is 2.93. The molecule has 0 amide bonds. The van der Waals surface area contributed by atoms with Gasteiger partial charge in [0.05, 0.1) is 13.2 Å². The molecule has 96 valence electrons. The molecule has 0 aliphatic rings. The minimum Gasteiger partial charge on any atom is -0.497 e. The van der Waals surface area contributed by atoms with Crippen molar-refractivity contribution >= 4 is 17.0 Å². The monoisotopic (exact) mass is 261 g/mol. The van der Waals surface area contributed by atoms with Crippen molar-refractivity contribution < 1.29 is 4.74 Å². The Kier molecular flexibility index (Phi) is 4.26. The van der Waals surface area contributed by atoms with E-state index < -0.39 is 0 Å². The molecule has 2 nitrogen and oxygen atoms in total. The van der Waals surface area contributed by atoms with Crippen molar-refractivity contribution in [3.8, 4) is 5.75 Å². The summed E-state index contributed by atoms with van der Waals surface area (Å²) in [6.07, 6.45) is 1.11. The van der Waals surface area contributed by atoms with Gasteiger partial charge < -0.3 is 10.1 Å². The highest BCUT2D eigenvalue weighted by Gasteiger charge is 2.08. The zero-order valence-electron chi connectivity index (χ0n) is 11.1. The standard InChI is InChI=1S/C15H19NOS/c1-4-14-9-10-15(18-14)11(2)16-12-5-7-13(17-3)8-6-12/h5-11,16H,4H2,1-3H3. The van der Waals surface area contributed by atoms with Crippen LogP contribution in [0, 0.1) is 0 Å². The minimum atomic E-state index is 0.337. The molecule has 1 heterocycles. The van der Waals surface area contributed by atoms with Crippen LogP contribution >= 0.6 is 11.3 Å². The van der Waals surface area contributed by atoms with Crippen molar-refractivity contribution in [2.75, 3.05) is 12.4 Å². The third kappa shape index (κ3) is 3.05. The average molecular weight is 261 g/mol. The van der Waals surface area contributed by atoms with Crippen LogP contribution in [0.15, 0.2) is 36.4 Å². The van der Waals surface area contributed by atoms with E-state index in [4.69, 9.17) is 4.74 Å². The highest BCUT2D eigenvalue weighted by molar-refractivity contribution is 7.12. The molecule has 3 heteroatoms. The van der Waals surface area contributed by atoms with Gasteiger partial charge in [0.1, 0.15) is 5.75 Å². The normalized spacial score (nSPS) is 12.2. The molecule has 0 saturated carbocycles. The predicted octanol–water partition coefficient (Wildman–Crippen LogP) is 4.49. The molecule has 18 heavy (non-hydrogen) atoms. The first-order valence-electron chi connectivity index (χ1n) is 6.22. The molecule has 0 aliphatic heterocycles. The first-order valence-corrected chi connectivity index (χ1v) is 7.03. The molecule has 0 spiro atoms. The summed E-state index contributed by atoms with van der Waals surface area (Å²) in [4.78, 5) is 2.82. The zero-order valence-corrected chi connectivity index (χ0v) is 11.9. The summed E-state index contributed by atoms with van der Waals surface area (Å²) in [5.74, 6) is 0.887. The smallest absolute Gasteiger partial charge is 0.119 e. The number of hydrogen-bond acceptors (Lipinski definition) is 3. The van der Waals surface area contributed by atoms with Gasteiger partial charge in [-0.1, -0.05) is 6.92 Å². The number of methoxy groups -OCH3 is 1. The van der Waals surface area contributed by atoms with Gasteiger partial charge in [-0.15, -0.1) is 11.3 Å². The number of ether oxygens (including phenoxy) is 1. The van der Waals surface area contributed by atoms with E-state index >= 15 is 0 Å². The molecule has 0 radical (unpaired) electrons. The van der Waals surface area contributed by atoms with E-state index in [0.29, 0.717) is 6.04 Å². The van der Waals surface area contributed by atoms with Crippen LogP contribution in [0.2, 0.25) is 0 Å². The molecule has 2 rings (SSSR count). The number of thiophene rings is 1. The van der Waals surface area contributed by atoms with Crippen molar-refractivity contribution in [2.45, 2.75) is 26.3 Å². The lowest BCUT2D eigenvalue weighted by molar-refractivity contribution is 0.415. The molecule has 1 unspecified atom stereocenters. The molecule has 0 bridgehead atoms. The Morgan fingerprint density at radius 1 is 1.17 bits per heavy atom. The largest absolute Gasteiger partial charge is 0.497 e. The van der Waals surface area contributed by atoms with Gasteiger partial charge >= 0.3 is 0 Å². The Hall–Kier alpha value is -1.48. The van der Waals surface area contributed by atoms with Gasteiger partial charge in [-0.25, -0.2) is 0 Å². The van der Waals surface area contributed by atoms with Crippen LogP contribution in [0.5, 0.6) is 5.75 Å². The summed E-state index contributed by atoms with van der Waals surface area (Å²) in [7, 11) is 1.68. The van der Waals surface area contributed by atoms with Crippen molar-refractivity contribution in [3.05, 3.63) is 46.2 Å². The summed E-state index contributed by atoms with van der Waals surface area (Å²) in [5.41, 5.74) is 1.12. The molecular formula is C15H19NOS. The Morgan fingerprint density at radius 2 is 1.89 bits per heavy atom. The van der Waals surface area contributed by atoms with Gasteiger partial charge in [-0.2, -0.15) is 0 Å². The average Bonchev–Trinajstić information content (AvgIpc) is 2.88. The van der Waals surface area contributed by atoms with Gasteiger partial charge in [0.25, 0.3) is 0 Å². The molecule has 1 aromatic heterocycles. The molecule has 0 fully saturated rings. The predicted molar refractivity (Wildman–Crippen MR) is 78.7 cm³/mol. The van der Waals surface area contributed by atoms with Crippen molar-refractivity contribution in [1.29, 1.82) is 0 Å². The first-order chi connectivity index (χ1) is 8.72. The molecule has 1 atom stereocenters. The fourth-order valence-electron chi connectivity index (χ4n) is 1.83. The number of aryl methyl sites for hydroxylation is 1. The van der Waals surface area contributed by atoms with Gasteiger partial charge in [-0.3, -0.25) is 0 Å². The van der Waals surface area contributed by atoms with E-state index in [1.807, 2.05) is 35.6 Å². The van der Waals surface area contributed by atoms with Crippen LogP contribution in [0.25, 0.3) is 0 Å². The Balaban J connectivity index is 2.03. The fourth-order valence-corrected chi connectivity index (χ4v) is 2.78. The summed E-state index contributed by atoms with van der Waals surface area (Å²) in [6, 6.07) is 12.8. The van der Waals surface area contributed by atoms with Gasteiger partial charge in [0.15, 0.2) is 0 Å². The maximum absolute atomic E-state index is 5.15. The summed E-state index contributed by atoms with van der Waals surface area (Å²) in [5, 5.41) is 3.50. The number of benzene rings is 1. The number of nitrogens with one attached hydrogen (secondary N) is 1. The summed E-state index contributed by atoms with van der Waals surface area (Å²) < 4.78 is 5.15. The van der Waals surface area contributed by atoms with E-state index in [2.05, 4.69) is 31.3 Å². The van der Waals surface area contributed by atoms with E-state index in [1.165, 1.54) is 9.75 Å². The van der Waals surface area contributed by atoms with Crippen LogP contribution in [-0.2, 0) is 6.42 Å². The number of anilines is 1. The van der Waals surface area contributed by atoms with Gasteiger partial charge in [0.2, 0.25) is 0 Å². The van der Waals surface area contributed by atoms with Gasteiger partial charge in [-0.05, 0) is 49.7 Å².